The predicted octanol–water partition coefficient (Wildman–Crippen LogP) is 2.66. The van der Waals surface area contributed by atoms with Gasteiger partial charge in [-0.15, -0.1) is 0 Å². The molecule has 1 aromatic carbocycles. The standard InChI is InChI=1S/C7H5BrFNO3/c8-5-1-2-6(10(11)12)7(3-5)13-4-9/h1-3H,4H2. The molecule has 0 aliphatic heterocycles. The molecule has 0 saturated carbocycles. The number of rotatable bonds is 3. The monoisotopic (exact) mass is 249 g/mol. The fourth-order valence-electron chi connectivity index (χ4n) is 0.813. The van der Waals surface area contributed by atoms with E-state index in [9.17, 15) is 14.5 Å². The van der Waals surface area contributed by atoms with E-state index in [0.29, 0.717) is 4.47 Å². The van der Waals surface area contributed by atoms with Crippen molar-refractivity contribution in [2.24, 2.45) is 0 Å². The molecule has 6 heteroatoms. The largest absolute Gasteiger partial charge is 0.456 e. The lowest BCUT2D eigenvalue weighted by Gasteiger charge is -2.01. The van der Waals surface area contributed by atoms with Gasteiger partial charge in [-0.3, -0.25) is 10.1 Å². The highest BCUT2D eigenvalue weighted by Gasteiger charge is 2.14. The Morgan fingerprint density at radius 3 is 2.85 bits per heavy atom. The van der Waals surface area contributed by atoms with Gasteiger partial charge >= 0.3 is 5.69 Å². The molecule has 0 aromatic heterocycles. The third-order valence-electron chi connectivity index (χ3n) is 1.33. The number of hydrogen-bond acceptors (Lipinski definition) is 3. The van der Waals surface area contributed by atoms with Gasteiger partial charge in [0.15, 0.2) is 0 Å². The van der Waals surface area contributed by atoms with Crippen molar-refractivity contribution in [3.63, 3.8) is 0 Å². The molecule has 0 bridgehead atoms. The van der Waals surface area contributed by atoms with E-state index in [4.69, 9.17) is 0 Å². The van der Waals surface area contributed by atoms with Crippen LogP contribution in [0.1, 0.15) is 0 Å². The molecule has 0 amide bonds. The topological polar surface area (TPSA) is 52.4 Å². The first kappa shape index (κ1) is 9.91. The van der Waals surface area contributed by atoms with E-state index in [2.05, 4.69) is 20.7 Å². The molecule has 0 saturated heterocycles. The summed E-state index contributed by atoms with van der Waals surface area (Å²) in [6.45, 7) is -1.09. The van der Waals surface area contributed by atoms with Gasteiger partial charge in [-0.05, 0) is 6.07 Å². The Kier molecular flexibility index (Phi) is 3.18. The summed E-state index contributed by atoms with van der Waals surface area (Å²) in [5.74, 6) is -0.0816. The predicted molar refractivity (Wildman–Crippen MR) is 47.4 cm³/mol. The highest BCUT2D eigenvalue weighted by atomic mass is 79.9. The molecule has 0 unspecified atom stereocenters. The number of alkyl halides is 1. The number of ether oxygens (including phenoxy) is 1. The van der Waals surface area contributed by atoms with Gasteiger partial charge in [0.05, 0.1) is 4.92 Å². The summed E-state index contributed by atoms with van der Waals surface area (Å²) in [4.78, 5) is 9.77. The Hall–Kier alpha value is -1.17. The molecule has 0 heterocycles. The van der Waals surface area contributed by atoms with Crippen molar-refractivity contribution in [1.82, 2.24) is 0 Å². The Bertz CT molecular complexity index is 332. The first-order valence-electron chi connectivity index (χ1n) is 3.28. The van der Waals surface area contributed by atoms with E-state index in [1.165, 1.54) is 18.2 Å². The van der Waals surface area contributed by atoms with Gasteiger partial charge in [-0.1, -0.05) is 15.9 Å². The van der Waals surface area contributed by atoms with Gasteiger partial charge in [0.2, 0.25) is 12.6 Å². The first-order valence-corrected chi connectivity index (χ1v) is 4.07. The molecule has 1 rings (SSSR count). The maximum atomic E-state index is 11.8. The summed E-state index contributed by atoms with van der Waals surface area (Å²) in [6.07, 6.45) is 0. The van der Waals surface area contributed by atoms with Crippen LogP contribution in [0.25, 0.3) is 0 Å². The van der Waals surface area contributed by atoms with E-state index >= 15 is 0 Å². The van der Waals surface area contributed by atoms with Gasteiger partial charge in [0.25, 0.3) is 0 Å². The molecule has 1 aromatic rings. The lowest BCUT2D eigenvalue weighted by Crippen LogP contribution is -1.96. The molecule has 0 aliphatic rings. The smallest absolute Gasteiger partial charge is 0.311 e. The van der Waals surface area contributed by atoms with E-state index in [1.54, 1.807) is 0 Å². The second-order valence-corrected chi connectivity index (χ2v) is 3.04. The number of halogens is 2. The van der Waals surface area contributed by atoms with Crippen LogP contribution in [0.2, 0.25) is 0 Å². The Balaban J connectivity index is 3.10. The molecule has 4 nitrogen and oxygen atoms in total. The molecule has 0 N–H and O–H groups in total. The van der Waals surface area contributed by atoms with E-state index in [1.807, 2.05) is 0 Å². The van der Waals surface area contributed by atoms with Crippen molar-refractivity contribution in [2.75, 3.05) is 6.86 Å². The molecular weight excluding hydrogens is 245 g/mol. The van der Waals surface area contributed by atoms with Crippen LogP contribution in [0.5, 0.6) is 5.75 Å². The number of nitrogens with zero attached hydrogens (tertiary/aromatic N) is 1. The molecule has 0 radical (unpaired) electrons. The maximum absolute atomic E-state index is 11.8. The van der Waals surface area contributed by atoms with Gasteiger partial charge in [-0.2, -0.15) is 0 Å². The number of hydrogen-bond donors (Lipinski definition) is 0. The average molecular weight is 250 g/mol. The second-order valence-electron chi connectivity index (χ2n) is 2.12. The zero-order chi connectivity index (χ0) is 9.84. The zero-order valence-corrected chi connectivity index (χ0v) is 7.95. The zero-order valence-electron chi connectivity index (χ0n) is 6.37. The lowest BCUT2D eigenvalue weighted by atomic mass is 10.3. The summed E-state index contributed by atoms with van der Waals surface area (Å²) in [6, 6.07) is 4.08. The Morgan fingerprint density at radius 1 is 1.62 bits per heavy atom. The van der Waals surface area contributed by atoms with Crippen LogP contribution in [-0.2, 0) is 0 Å². The molecule has 13 heavy (non-hydrogen) atoms. The summed E-state index contributed by atoms with van der Waals surface area (Å²) in [5, 5.41) is 10.4. The fourth-order valence-corrected chi connectivity index (χ4v) is 1.15. The van der Waals surface area contributed by atoms with Crippen LogP contribution in [-0.4, -0.2) is 11.8 Å². The van der Waals surface area contributed by atoms with E-state index < -0.39 is 11.8 Å². The summed E-state index contributed by atoms with van der Waals surface area (Å²) < 4.78 is 16.8. The van der Waals surface area contributed by atoms with Gasteiger partial charge in [0.1, 0.15) is 0 Å². The number of benzene rings is 1. The summed E-state index contributed by atoms with van der Waals surface area (Å²) in [5.41, 5.74) is -0.249. The van der Waals surface area contributed by atoms with Crippen LogP contribution in [0.15, 0.2) is 22.7 Å². The van der Waals surface area contributed by atoms with Crippen molar-refractivity contribution in [1.29, 1.82) is 0 Å². The lowest BCUT2D eigenvalue weighted by molar-refractivity contribution is -0.386. The van der Waals surface area contributed by atoms with Gasteiger partial charge in [-0.25, -0.2) is 4.39 Å². The van der Waals surface area contributed by atoms with Crippen molar-refractivity contribution >= 4 is 21.6 Å². The van der Waals surface area contributed by atoms with Crippen LogP contribution in [0.3, 0.4) is 0 Å². The first-order chi connectivity index (χ1) is 6.15. The Labute approximate surface area is 81.6 Å². The molecule has 0 aliphatic carbocycles. The molecule has 70 valence electrons. The van der Waals surface area contributed by atoms with E-state index in [0.717, 1.165) is 0 Å². The summed E-state index contributed by atoms with van der Waals surface area (Å²) >= 11 is 3.09. The van der Waals surface area contributed by atoms with Gasteiger partial charge < -0.3 is 4.74 Å². The summed E-state index contributed by atoms with van der Waals surface area (Å²) in [7, 11) is 0. The van der Waals surface area contributed by atoms with E-state index in [-0.39, 0.29) is 11.4 Å². The third-order valence-corrected chi connectivity index (χ3v) is 1.82. The normalized spacial score (nSPS) is 9.69. The highest BCUT2D eigenvalue weighted by molar-refractivity contribution is 9.10. The van der Waals surface area contributed by atoms with Crippen LogP contribution < -0.4 is 4.74 Å². The minimum absolute atomic E-state index is 0.0816. The maximum Gasteiger partial charge on any atom is 0.311 e. The van der Waals surface area contributed by atoms with Crippen molar-refractivity contribution in [3.05, 3.63) is 32.8 Å². The average Bonchev–Trinajstić information content (AvgIpc) is 2.04. The van der Waals surface area contributed by atoms with Crippen LogP contribution in [0, 0.1) is 10.1 Å². The number of nitro benzene ring substituents is 1. The second kappa shape index (κ2) is 4.18. The van der Waals surface area contributed by atoms with Crippen LogP contribution >= 0.6 is 15.9 Å². The van der Waals surface area contributed by atoms with Crippen molar-refractivity contribution in [3.8, 4) is 5.75 Å². The Morgan fingerprint density at radius 2 is 2.31 bits per heavy atom. The minimum atomic E-state index is -1.09. The molecule has 0 atom stereocenters. The van der Waals surface area contributed by atoms with Gasteiger partial charge in [0, 0.05) is 16.6 Å². The SMILES string of the molecule is O=[N+]([O-])c1ccc(Br)cc1OCF. The molecule has 0 fully saturated rings. The van der Waals surface area contributed by atoms with Crippen molar-refractivity contribution in [2.45, 2.75) is 0 Å². The fraction of sp³-hybridized carbons (Fsp3) is 0.143. The minimum Gasteiger partial charge on any atom is -0.456 e. The van der Waals surface area contributed by atoms with Crippen molar-refractivity contribution < 1.29 is 14.1 Å². The third kappa shape index (κ3) is 2.38. The molecule has 0 spiro atoms. The number of nitro groups is 1. The quantitative estimate of drug-likeness (QED) is 0.612. The molecular formula is C7H5BrFNO3. The highest BCUT2D eigenvalue weighted by Crippen LogP contribution is 2.29. The van der Waals surface area contributed by atoms with Crippen LogP contribution in [0.4, 0.5) is 10.1 Å².